The maximum Gasteiger partial charge on any atom is 0.325 e. The zero-order valence-electron chi connectivity index (χ0n) is 10.4. The van der Waals surface area contributed by atoms with Gasteiger partial charge >= 0.3 is 5.97 Å². The van der Waals surface area contributed by atoms with Crippen molar-refractivity contribution in [1.29, 1.82) is 0 Å². The smallest absolute Gasteiger partial charge is 0.325 e. The van der Waals surface area contributed by atoms with E-state index in [2.05, 4.69) is 11.9 Å². The van der Waals surface area contributed by atoms with Crippen molar-refractivity contribution >= 4 is 22.0 Å². The molecule has 110 valence electrons. The molecule has 0 saturated carbocycles. The number of amides is 1. The molecule has 9 heteroatoms. The summed E-state index contributed by atoms with van der Waals surface area (Å²) in [6.45, 7) is 2.89. The molecular formula is C11H13NO7S. The molecule has 3 rings (SSSR count). The number of carbonyl (C=O) groups is 2. The molecule has 3 fully saturated rings. The lowest BCUT2D eigenvalue weighted by Gasteiger charge is -2.21. The first-order chi connectivity index (χ1) is 9.42. The van der Waals surface area contributed by atoms with Gasteiger partial charge in [0.15, 0.2) is 5.25 Å². The van der Waals surface area contributed by atoms with Crippen molar-refractivity contribution in [3.8, 4) is 0 Å². The van der Waals surface area contributed by atoms with Crippen LogP contribution in [0.1, 0.15) is 6.42 Å². The Kier molecular flexibility index (Phi) is 3.07. The summed E-state index contributed by atoms with van der Waals surface area (Å²) in [6, 6.07) is 0. The molecule has 3 heterocycles. The fourth-order valence-corrected chi connectivity index (χ4v) is 4.62. The van der Waals surface area contributed by atoms with Crippen LogP contribution >= 0.6 is 0 Å². The summed E-state index contributed by atoms with van der Waals surface area (Å²) in [5.41, 5.74) is 0. The predicted octanol–water partition coefficient (Wildman–Crippen LogP) is -1.53. The van der Waals surface area contributed by atoms with E-state index in [1.807, 2.05) is 0 Å². The summed E-state index contributed by atoms with van der Waals surface area (Å²) in [6.07, 6.45) is -0.968. The van der Waals surface area contributed by atoms with Gasteiger partial charge in [-0.15, -0.1) is 0 Å². The predicted molar refractivity (Wildman–Crippen MR) is 63.9 cm³/mol. The van der Waals surface area contributed by atoms with Crippen LogP contribution in [-0.2, 0) is 33.4 Å². The highest BCUT2D eigenvalue weighted by molar-refractivity contribution is 7.87. The Hall–Kier alpha value is -1.45. The molecule has 2 bridgehead atoms. The van der Waals surface area contributed by atoms with Crippen molar-refractivity contribution in [2.45, 2.75) is 36.1 Å². The van der Waals surface area contributed by atoms with E-state index in [4.69, 9.17) is 13.7 Å². The molecule has 0 aromatic carbocycles. The Labute approximate surface area is 115 Å². The van der Waals surface area contributed by atoms with E-state index in [9.17, 15) is 18.0 Å². The molecule has 3 aliphatic heterocycles. The molecule has 8 nitrogen and oxygen atoms in total. The Balaban J connectivity index is 1.65. The van der Waals surface area contributed by atoms with Gasteiger partial charge in [-0.25, -0.2) is 0 Å². The van der Waals surface area contributed by atoms with E-state index < -0.39 is 51.7 Å². The minimum atomic E-state index is -3.77. The summed E-state index contributed by atoms with van der Waals surface area (Å²) in [5, 5.41) is 1.29. The topological polar surface area (TPSA) is 108 Å². The van der Waals surface area contributed by atoms with Gasteiger partial charge in [-0.3, -0.25) is 13.8 Å². The standard InChI is InChI=1S/C11H13NO7S/c1-2-7(13)12-4-8(14)18-9-5-3-6-10(17-5)11(9)20(15,16)19-6/h2,5-6,9-11H,1,3-4H2,(H,12,13). The number of nitrogens with one attached hydrogen (secondary N) is 1. The third-order valence-corrected chi connectivity index (χ3v) is 5.35. The molecule has 0 radical (unpaired) electrons. The van der Waals surface area contributed by atoms with Gasteiger partial charge in [-0.1, -0.05) is 6.58 Å². The lowest BCUT2D eigenvalue weighted by Crippen LogP contribution is -2.44. The Morgan fingerprint density at radius 3 is 2.85 bits per heavy atom. The zero-order valence-corrected chi connectivity index (χ0v) is 11.2. The Morgan fingerprint density at radius 1 is 1.40 bits per heavy atom. The number of ether oxygens (including phenoxy) is 2. The lowest BCUT2D eigenvalue weighted by atomic mass is 9.95. The summed E-state index contributed by atoms with van der Waals surface area (Å²) >= 11 is 0. The number of hydrogen-bond acceptors (Lipinski definition) is 7. The SMILES string of the molecule is C=CC(=O)NCC(=O)OC1C2CC3OS(=O)(=O)C1C3O2. The molecule has 1 N–H and O–H groups in total. The monoisotopic (exact) mass is 303 g/mol. The quantitative estimate of drug-likeness (QED) is 0.381. The van der Waals surface area contributed by atoms with Crippen molar-refractivity contribution in [1.82, 2.24) is 5.32 Å². The van der Waals surface area contributed by atoms with Crippen LogP contribution in [0.2, 0.25) is 0 Å². The first-order valence-corrected chi connectivity index (χ1v) is 7.57. The fraction of sp³-hybridized carbons (Fsp3) is 0.636. The number of hydrogen-bond donors (Lipinski definition) is 1. The van der Waals surface area contributed by atoms with Gasteiger partial charge in [0.25, 0.3) is 10.1 Å². The molecule has 0 spiro atoms. The maximum atomic E-state index is 11.8. The highest BCUT2D eigenvalue weighted by atomic mass is 32.2. The first kappa shape index (κ1) is 13.5. The van der Waals surface area contributed by atoms with Crippen LogP contribution in [0.25, 0.3) is 0 Å². The van der Waals surface area contributed by atoms with Crippen LogP contribution in [-0.4, -0.2) is 56.5 Å². The van der Waals surface area contributed by atoms with Crippen molar-refractivity contribution in [3.05, 3.63) is 12.7 Å². The molecule has 20 heavy (non-hydrogen) atoms. The average molecular weight is 303 g/mol. The van der Waals surface area contributed by atoms with Crippen molar-refractivity contribution in [2.75, 3.05) is 6.54 Å². The lowest BCUT2D eigenvalue weighted by molar-refractivity contribution is -0.151. The van der Waals surface area contributed by atoms with Crippen LogP contribution in [0.3, 0.4) is 0 Å². The molecule has 3 saturated heterocycles. The van der Waals surface area contributed by atoms with E-state index >= 15 is 0 Å². The van der Waals surface area contributed by atoms with Crippen LogP contribution in [0.4, 0.5) is 0 Å². The number of fused-ring (bicyclic) bond motifs is 1. The molecule has 1 amide bonds. The summed E-state index contributed by atoms with van der Waals surface area (Å²) in [4.78, 5) is 22.6. The molecule has 5 unspecified atom stereocenters. The summed E-state index contributed by atoms with van der Waals surface area (Å²) in [7, 11) is -3.77. The minimum absolute atomic E-state index is 0.351. The third kappa shape index (κ3) is 2.02. The highest BCUT2D eigenvalue weighted by Gasteiger charge is 2.67. The van der Waals surface area contributed by atoms with Crippen molar-refractivity contribution in [3.63, 3.8) is 0 Å². The van der Waals surface area contributed by atoms with E-state index in [0.29, 0.717) is 6.42 Å². The van der Waals surface area contributed by atoms with Crippen molar-refractivity contribution < 1.29 is 31.7 Å². The summed E-state index contributed by atoms with van der Waals surface area (Å²) < 4.78 is 39.1. The van der Waals surface area contributed by atoms with Gasteiger partial charge < -0.3 is 14.8 Å². The third-order valence-electron chi connectivity index (χ3n) is 3.63. The molecular weight excluding hydrogens is 290 g/mol. The maximum absolute atomic E-state index is 11.8. The fourth-order valence-electron chi connectivity index (χ4n) is 2.83. The van der Waals surface area contributed by atoms with Gasteiger partial charge in [-0.05, 0) is 6.08 Å². The van der Waals surface area contributed by atoms with Crippen LogP contribution < -0.4 is 5.32 Å². The average Bonchev–Trinajstić information content (AvgIpc) is 2.96. The largest absolute Gasteiger partial charge is 0.457 e. The number of esters is 1. The van der Waals surface area contributed by atoms with Crippen LogP contribution in [0, 0.1) is 0 Å². The Bertz CT molecular complexity index is 569. The molecule has 3 aliphatic rings. The Morgan fingerprint density at radius 2 is 2.15 bits per heavy atom. The second kappa shape index (κ2) is 4.54. The summed E-state index contributed by atoms with van der Waals surface area (Å²) in [5.74, 6) is -1.23. The van der Waals surface area contributed by atoms with Crippen molar-refractivity contribution in [2.24, 2.45) is 0 Å². The van der Waals surface area contributed by atoms with E-state index in [1.165, 1.54) is 0 Å². The molecule has 5 atom stereocenters. The zero-order chi connectivity index (χ0) is 14.5. The van der Waals surface area contributed by atoms with Gasteiger partial charge in [0.2, 0.25) is 5.91 Å². The van der Waals surface area contributed by atoms with Gasteiger partial charge in [-0.2, -0.15) is 8.42 Å². The van der Waals surface area contributed by atoms with E-state index in [-0.39, 0.29) is 6.54 Å². The molecule has 0 aromatic rings. The van der Waals surface area contributed by atoms with Crippen LogP contribution in [0.15, 0.2) is 12.7 Å². The number of rotatable bonds is 4. The van der Waals surface area contributed by atoms with E-state index in [0.717, 1.165) is 6.08 Å². The second-order valence-corrected chi connectivity index (χ2v) is 6.57. The second-order valence-electron chi connectivity index (χ2n) is 4.84. The first-order valence-electron chi connectivity index (χ1n) is 6.09. The van der Waals surface area contributed by atoms with Crippen LogP contribution in [0.5, 0.6) is 0 Å². The highest BCUT2D eigenvalue weighted by Crippen LogP contribution is 2.47. The molecule has 0 aromatic heterocycles. The molecule has 0 aliphatic carbocycles. The normalized spacial score (nSPS) is 39.5. The van der Waals surface area contributed by atoms with E-state index in [1.54, 1.807) is 0 Å². The van der Waals surface area contributed by atoms with Gasteiger partial charge in [0.05, 0.1) is 6.10 Å². The number of carbonyl (C=O) groups excluding carboxylic acids is 2. The van der Waals surface area contributed by atoms with Gasteiger partial charge in [0, 0.05) is 6.42 Å². The van der Waals surface area contributed by atoms with Gasteiger partial charge in [0.1, 0.15) is 24.9 Å². The minimum Gasteiger partial charge on any atom is -0.457 e.